The van der Waals surface area contributed by atoms with Crippen molar-refractivity contribution in [1.29, 1.82) is 0 Å². The van der Waals surface area contributed by atoms with E-state index in [1.165, 1.54) is 0 Å². The van der Waals surface area contributed by atoms with Gasteiger partial charge in [0.25, 0.3) is 0 Å². The first-order valence-corrected chi connectivity index (χ1v) is 7.21. The van der Waals surface area contributed by atoms with Gasteiger partial charge in [0.2, 0.25) is 5.91 Å². The van der Waals surface area contributed by atoms with Crippen molar-refractivity contribution in [2.45, 2.75) is 58.4 Å². The monoisotopic (exact) mass is 294 g/mol. The largest absolute Gasteiger partial charge is 0.490 e. The van der Waals surface area contributed by atoms with Gasteiger partial charge in [-0.15, -0.1) is 0 Å². The number of rotatable bonds is 8. The summed E-state index contributed by atoms with van der Waals surface area (Å²) in [6.45, 7) is 7.52. The summed E-state index contributed by atoms with van der Waals surface area (Å²) in [5, 5.41) is 12.5. The van der Waals surface area contributed by atoms with E-state index < -0.39 is 11.4 Å². The minimum absolute atomic E-state index is 0.0831. The average molecular weight is 294 g/mol. The van der Waals surface area contributed by atoms with Crippen LogP contribution in [0.5, 0.6) is 5.75 Å². The van der Waals surface area contributed by atoms with Gasteiger partial charge in [0.05, 0.1) is 18.2 Å². The number of ether oxygens (including phenoxy) is 1. The molecule has 0 aliphatic rings. The zero-order valence-electron chi connectivity index (χ0n) is 13.2. The molecule has 0 saturated carbocycles. The summed E-state index contributed by atoms with van der Waals surface area (Å²) in [4.78, 5) is 11.7. The van der Waals surface area contributed by atoms with Crippen molar-refractivity contribution in [2.24, 2.45) is 5.73 Å². The number of nitrogens with two attached hydrogens (primary N) is 1. The fourth-order valence-corrected chi connectivity index (χ4v) is 2.45. The summed E-state index contributed by atoms with van der Waals surface area (Å²) >= 11 is 0. The lowest BCUT2D eigenvalue weighted by Gasteiger charge is -2.32. The summed E-state index contributed by atoms with van der Waals surface area (Å²) in [5.74, 6) is 0.228. The Hall–Kier alpha value is -1.59. The minimum atomic E-state index is -0.832. The Balaban J connectivity index is 2.79. The topological polar surface area (TPSA) is 84.6 Å². The quantitative estimate of drug-likeness (QED) is 0.679. The molecule has 2 atom stereocenters. The van der Waals surface area contributed by atoms with Crippen molar-refractivity contribution in [3.63, 3.8) is 0 Å². The molecule has 0 aliphatic carbocycles. The van der Waals surface area contributed by atoms with Gasteiger partial charge in [0.1, 0.15) is 5.75 Å². The first-order valence-electron chi connectivity index (χ1n) is 7.21. The Labute approximate surface area is 126 Å². The van der Waals surface area contributed by atoms with E-state index in [2.05, 4.69) is 5.32 Å². The number of para-hydroxylation sites is 1. The number of benzene rings is 1. The minimum Gasteiger partial charge on any atom is -0.490 e. The van der Waals surface area contributed by atoms with Crippen molar-refractivity contribution in [3.8, 4) is 5.75 Å². The summed E-state index contributed by atoms with van der Waals surface area (Å²) in [5.41, 5.74) is 5.41. The van der Waals surface area contributed by atoms with Crippen LogP contribution >= 0.6 is 0 Å². The number of carbonyl (C=O) groups excluding carboxylic acids is 1. The highest BCUT2D eigenvalue weighted by atomic mass is 16.5. The van der Waals surface area contributed by atoms with Gasteiger partial charge < -0.3 is 20.9 Å². The molecule has 5 heteroatoms. The van der Waals surface area contributed by atoms with Crippen LogP contribution in [0.2, 0.25) is 0 Å². The van der Waals surface area contributed by atoms with Gasteiger partial charge in [-0.05, 0) is 33.8 Å². The standard InChI is InChI=1S/C16H26N2O3/c1-11(2)18-16(4,15(17)20)9-12(3)21-14-8-6-5-7-13(14)10-19/h5-8,11-12,18-19H,9-10H2,1-4H3,(H2,17,20). The summed E-state index contributed by atoms with van der Waals surface area (Å²) in [6.07, 6.45) is 0.224. The summed E-state index contributed by atoms with van der Waals surface area (Å²) in [7, 11) is 0. The van der Waals surface area contributed by atoms with E-state index in [-0.39, 0.29) is 18.8 Å². The molecule has 0 bridgehead atoms. The second kappa shape index (κ2) is 7.43. The lowest BCUT2D eigenvalue weighted by molar-refractivity contribution is -0.125. The molecule has 1 amide bonds. The highest BCUT2D eigenvalue weighted by molar-refractivity contribution is 5.84. The lowest BCUT2D eigenvalue weighted by atomic mass is 9.93. The molecule has 0 radical (unpaired) electrons. The van der Waals surface area contributed by atoms with E-state index in [4.69, 9.17) is 10.5 Å². The van der Waals surface area contributed by atoms with Gasteiger partial charge in [-0.25, -0.2) is 0 Å². The third-order valence-electron chi connectivity index (χ3n) is 3.32. The second-order valence-electron chi connectivity index (χ2n) is 5.89. The number of aliphatic hydroxyl groups is 1. The predicted molar refractivity (Wildman–Crippen MR) is 82.9 cm³/mol. The highest BCUT2D eigenvalue weighted by Gasteiger charge is 2.34. The van der Waals surface area contributed by atoms with Crippen LogP contribution in [0.15, 0.2) is 24.3 Å². The van der Waals surface area contributed by atoms with E-state index in [1.807, 2.05) is 39.0 Å². The van der Waals surface area contributed by atoms with Crippen LogP contribution in [-0.4, -0.2) is 28.7 Å². The van der Waals surface area contributed by atoms with Crippen LogP contribution in [0.4, 0.5) is 0 Å². The Bertz CT molecular complexity index is 476. The first-order chi connectivity index (χ1) is 9.78. The molecule has 21 heavy (non-hydrogen) atoms. The van der Waals surface area contributed by atoms with Gasteiger partial charge in [-0.2, -0.15) is 0 Å². The van der Waals surface area contributed by atoms with Gasteiger partial charge in [0.15, 0.2) is 0 Å². The number of hydrogen-bond donors (Lipinski definition) is 3. The fourth-order valence-electron chi connectivity index (χ4n) is 2.45. The highest BCUT2D eigenvalue weighted by Crippen LogP contribution is 2.22. The van der Waals surface area contributed by atoms with Crippen molar-refractivity contribution < 1.29 is 14.6 Å². The number of aliphatic hydroxyl groups excluding tert-OH is 1. The van der Waals surface area contributed by atoms with Crippen molar-refractivity contribution in [1.82, 2.24) is 5.32 Å². The Morgan fingerprint density at radius 1 is 1.38 bits per heavy atom. The smallest absolute Gasteiger partial charge is 0.237 e. The fraction of sp³-hybridized carbons (Fsp3) is 0.562. The van der Waals surface area contributed by atoms with E-state index in [9.17, 15) is 9.90 Å². The number of nitrogens with one attached hydrogen (secondary N) is 1. The maximum atomic E-state index is 11.7. The molecule has 0 heterocycles. The number of hydrogen-bond acceptors (Lipinski definition) is 4. The summed E-state index contributed by atoms with van der Waals surface area (Å²) < 4.78 is 5.86. The van der Waals surface area contributed by atoms with Crippen LogP contribution in [0.3, 0.4) is 0 Å². The third-order valence-corrected chi connectivity index (χ3v) is 3.32. The summed E-state index contributed by atoms with van der Waals surface area (Å²) in [6, 6.07) is 7.44. The molecule has 5 nitrogen and oxygen atoms in total. The zero-order valence-corrected chi connectivity index (χ0v) is 13.2. The number of carbonyl (C=O) groups is 1. The van der Waals surface area contributed by atoms with Crippen LogP contribution in [-0.2, 0) is 11.4 Å². The van der Waals surface area contributed by atoms with Crippen LogP contribution < -0.4 is 15.8 Å². The molecular formula is C16H26N2O3. The van der Waals surface area contributed by atoms with Crippen molar-refractivity contribution in [3.05, 3.63) is 29.8 Å². The normalized spacial score (nSPS) is 15.5. The third kappa shape index (κ3) is 5.02. The predicted octanol–water partition coefficient (Wildman–Crippen LogP) is 1.58. The Morgan fingerprint density at radius 2 is 2.00 bits per heavy atom. The van der Waals surface area contributed by atoms with E-state index >= 15 is 0 Å². The first kappa shape index (κ1) is 17.5. The van der Waals surface area contributed by atoms with Gasteiger partial charge in [-0.1, -0.05) is 18.2 Å². The molecule has 1 aromatic carbocycles. The maximum Gasteiger partial charge on any atom is 0.237 e. The zero-order chi connectivity index (χ0) is 16.0. The van der Waals surface area contributed by atoms with Crippen molar-refractivity contribution in [2.75, 3.05) is 0 Å². The number of amides is 1. The van der Waals surface area contributed by atoms with Gasteiger partial charge in [-0.3, -0.25) is 4.79 Å². The van der Waals surface area contributed by atoms with Crippen LogP contribution in [0, 0.1) is 0 Å². The van der Waals surface area contributed by atoms with E-state index in [0.29, 0.717) is 12.2 Å². The molecule has 4 N–H and O–H groups in total. The second-order valence-corrected chi connectivity index (χ2v) is 5.89. The molecule has 1 aromatic rings. The van der Waals surface area contributed by atoms with Gasteiger partial charge >= 0.3 is 0 Å². The Kier molecular flexibility index (Phi) is 6.18. The Morgan fingerprint density at radius 3 is 2.52 bits per heavy atom. The van der Waals surface area contributed by atoms with Gasteiger partial charge in [0, 0.05) is 18.0 Å². The molecule has 0 aliphatic heterocycles. The molecule has 0 saturated heterocycles. The molecule has 0 fully saturated rings. The van der Waals surface area contributed by atoms with E-state index in [0.717, 1.165) is 5.56 Å². The molecule has 118 valence electrons. The van der Waals surface area contributed by atoms with Crippen LogP contribution in [0.1, 0.15) is 39.7 Å². The molecule has 0 spiro atoms. The average Bonchev–Trinajstić information content (AvgIpc) is 2.37. The van der Waals surface area contributed by atoms with E-state index in [1.54, 1.807) is 13.0 Å². The van der Waals surface area contributed by atoms with Crippen molar-refractivity contribution >= 4 is 5.91 Å². The SMILES string of the molecule is CC(C)NC(C)(CC(C)Oc1ccccc1CO)C(N)=O. The molecule has 0 aromatic heterocycles. The molecular weight excluding hydrogens is 268 g/mol. The lowest BCUT2D eigenvalue weighted by Crippen LogP contribution is -2.57. The molecule has 2 unspecified atom stereocenters. The number of primary amides is 1. The maximum absolute atomic E-state index is 11.7. The van der Waals surface area contributed by atoms with Crippen LogP contribution in [0.25, 0.3) is 0 Å². The molecule has 1 rings (SSSR count).